The summed E-state index contributed by atoms with van der Waals surface area (Å²) in [5.41, 5.74) is 1.44. The van der Waals surface area contributed by atoms with Gasteiger partial charge in [0, 0.05) is 17.0 Å². The molecule has 1 fully saturated rings. The number of rotatable bonds is 6. The van der Waals surface area contributed by atoms with Crippen LogP contribution < -0.4 is 5.32 Å². The average Bonchev–Trinajstić information content (AvgIpc) is 3.15. The first kappa shape index (κ1) is 13.8. The Balaban J connectivity index is 1.82. The molecule has 0 bridgehead atoms. The highest BCUT2D eigenvalue weighted by Crippen LogP contribution is 2.43. The molecule has 1 aromatic heterocycles. The van der Waals surface area contributed by atoms with Crippen molar-refractivity contribution in [1.29, 1.82) is 0 Å². The van der Waals surface area contributed by atoms with Crippen molar-refractivity contribution in [3.63, 3.8) is 0 Å². The summed E-state index contributed by atoms with van der Waals surface area (Å²) in [5, 5.41) is 6.13. The highest BCUT2D eigenvalue weighted by molar-refractivity contribution is 7.10. The summed E-state index contributed by atoms with van der Waals surface area (Å²) in [6, 6.07) is 16.3. The number of benzene rings is 1. The maximum atomic E-state index is 3.94. The lowest BCUT2D eigenvalue weighted by atomic mass is 9.97. The standard InChI is InChI=1S/C18H23NS/c1-13(2)17(16-9-6-12-20-16)19-18(15-10-11-15)14-7-4-3-5-8-14/h3-9,12-13,15,17-19H,10-11H2,1-2H3. The van der Waals surface area contributed by atoms with Crippen LogP contribution in [0.2, 0.25) is 0 Å². The Morgan fingerprint density at radius 1 is 1.05 bits per heavy atom. The summed E-state index contributed by atoms with van der Waals surface area (Å²) in [6.45, 7) is 4.62. The van der Waals surface area contributed by atoms with Gasteiger partial charge in [0.25, 0.3) is 0 Å². The topological polar surface area (TPSA) is 12.0 Å². The first-order valence-corrected chi connectivity index (χ1v) is 8.48. The molecule has 20 heavy (non-hydrogen) atoms. The maximum absolute atomic E-state index is 3.94. The van der Waals surface area contributed by atoms with Crippen LogP contribution in [0.3, 0.4) is 0 Å². The molecule has 106 valence electrons. The summed E-state index contributed by atoms with van der Waals surface area (Å²) in [5.74, 6) is 1.43. The van der Waals surface area contributed by atoms with Crippen LogP contribution in [0.1, 0.15) is 49.2 Å². The van der Waals surface area contributed by atoms with Gasteiger partial charge in [-0.3, -0.25) is 0 Å². The predicted octanol–water partition coefficient (Wildman–Crippen LogP) is 5.19. The van der Waals surface area contributed by atoms with E-state index in [1.165, 1.54) is 23.3 Å². The van der Waals surface area contributed by atoms with Crippen LogP contribution in [0.25, 0.3) is 0 Å². The Kier molecular flexibility index (Phi) is 4.23. The number of nitrogens with one attached hydrogen (secondary N) is 1. The molecule has 0 radical (unpaired) electrons. The molecule has 1 heterocycles. The first-order chi connectivity index (χ1) is 9.75. The van der Waals surface area contributed by atoms with E-state index in [9.17, 15) is 0 Å². The predicted molar refractivity (Wildman–Crippen MR) is 86.9 cm³/mol. The third kappa shape index (κ3) is 3.13. The fraction of sp³-hybridized carbons (Fsp3) is 0.444. The Morgan fingerprint density at radius 2 is 1.80 bits per heavy atom. The molecule has 0 aliphatic heterocycles. The van der Waals surface area contributed by atoms with Gasteiger partial charge in [-0.2, -0.15) is 0 Å². The molecule has 1 N–H and O–H groups in total. The van der Waals surface area contributed by atoms with Crippen molar-refractivity contribution in [3.05, 3.63) is 58.3 Å². The molecule has 2 unspecified atom stereocenters. The van der Waals surface area contributed by atoms with Crippen LogP contribution in [0.15, 0.2) is 47.8 Å². The van der Waals surface area contributed by atoms with Gasteiger partial charge >= 0.3 is 0 Å². The normalized spacial score (nSPS) is 18.1. The second kappa shape index (κ2) is 6.11. The Bertz CT molecular complexity index is 514. The molecule has 0 spiro atoms. The third-order valence-electron chi connectivity index (χ3n) is 4.13. The second-order valence-electron chi connectivity index (χ2n) is 6.13. The molecule has 2 aromatic rings. The molecule has 1 aromatic carbocycles. The molecule has 3 rings (SSSR count). The molecule has 1 aliphatic rings. The monoisotopic (exact) mass is 285 g/mol. The van der Waals surface area contributed by atoms with E-state index in [0.717, 1.165) is 5.92 Å². The van der Waals surface area contributed by atoms with E-state index < -0.39 is 0 Å². The van der Waals surface area contributed by atoms with E-state index >= 15 is 0 Å². The smallest absolute Gasteiger partial charge is 0.0442 e. The summed E-state index contributed by atoms with van der Waals surface area (Å²) in [7, 11) is 0. The molecule has 2 heteroatoms. The van der Waals surface area contributed by atoms with Crippen LogP contribution in [0.5, 0.6) is 0 Å². The minimum absolute atomic E-state index is 0.459. The van der Waals surface area contributed by atoms with Gasteiger partial charge in [-0.05, 0) is 41.7 Å². The number of hydrogen-bond donors (Lipinski definition) is 1. The van der Waals surface area contributed by atoms with E-state index in [1.54, 1.807) is 0 Å². The van der Waals surface area contributed by atoms with Crippen molar-refractivity contribution >= 4 is 11.3 Å². The van der Waals surface area contributed by atoms with Gasteiger partial charge in [-0.25, -0.2) is 0 Å². The molecule has 1 aliphatic carbocycles. The lowest BCUT2D eigenvalue weighted by Gasteiger charge is -2.28. The van der Waals surface area contributed by atoms with Crippen LogP contribution in [-0.4, -0.2) is 0 Å². The largest absolute Gasteiger partial charge is 0.302 e. The minimum Gasteiger partial charge on any atom is -0.302 e. The molecule has 1 nitrogen and oxygen atoms in total. The summed E-state index contributed by atoms with van der Waals surface area (Å²) >= 11 is 1.87. The Morgan fingerprint density at radius 3 is 2.35 bits per heavy atom. The van der Waals surface area contributed by atoms with Crippen LogP contribution in [0.4, 0.5) is 0 Å². The Labute approximate surface area is 126 Å². The summed E-state index contributed by atoms with van der Waals surface area (Å²) in [4.78, 5) is 1.46. The maximum Gasteiger partial charge on any atom is 0.0442 e. The highest BCUT2D eigenvalue weighted by atomic mass is 32.1. The second-order valence-corrected chi connectivity index (χ2v) is 7.11. The van der Waals surface area contributed by atoms with Crippen LogP contribution in [-0.2, 0) is 0 Å². The number of thiophene rings is 1. The minimum atomic E-state index is 0.459. The van der Waals surface area contributed by atoms with Gasteiger partial charge in [0.15, 0.2) is 0 Å². The fourth-order valence-electron chi connectivity index (χ4n) is 2.86. The zero-order valence-corrected chi connectivity index (χ0v) is 13.1. The zero-order valence-electron chi connectivity index (χ0n) is 12.3. The van der Waals surface area contributed by atoms with E-state index in [2.05, 4.69) is 67.0 Å². The SMILES string of the molecule is CC(C)C(NC(c1ccccc1)C1CC1)c1cccs1. The summed E-state index contributed by atoms with van der Waals surface area (Å²) in [6.07, 6.45) is 2.73. The van der Waals surface area contributed by atoms with E-state index in [0.29, 0.717) is 18.0 Å². The quantitative estimate of drug-likeness (QED) is 0.770. The van der Waals surface area contributed by atoms with Crippen molar-refractivity contribution in [2.75, 3.05) is 0 Å². The highest BCUT2D eigenvalue weighted by Gasteiger charge is 2.34. The molecule has 2 atom stereocenters. The van der Waals surface area contributed by atoms with Crippen molar-refractivity contribution < 1.29 is 0 Å². The molecule has 0 amide bonds. The van der Waals surface area contributed by atoms with Crippen molar-refractivity contribution in [2.45, 2.75) is 38.8 Å². The average molecular weight is 285 g/mol. The first-order valence-electron chi connectivity index (χ1n) is 7.60. The Hall–Kier alpha value is -1.12. The lowest BCUT2D eigenvalue weighted by Crippen LogP contribution is -2.30. The number of hydrogen-bond acceptors (Lipinski definition) is 2. The molecule has 0 saturated heterocycles. The zero-order chi connectivity index (χ0) is 13.9. The lowest BCUT2D eigenvalue weighted by molar-refractivity contribution is 0.346. The van der Waals surface area contributed by atoms with E-state index in [1.807, 2.05) is 11.3 Å². The van der Waals surface area contributed by atoms with Crippen LogP contribution >= 0.6 is 11.3 Å². The third-order valence-corrected chi connectivity index (χ3v) is 5.08. The van der Waals surface area contributed by atoms with Crippen LogP contribution in [0, 0.1) is 11.8 Å². The van der Waals surface area contributed by atoms with Crippen molar-refractivity contribution in [1.82, 2.24) is 5.32 Å². The summed E-state index contributed by atoms with van der Waals surface area (Å²) < 4.78 is 0. The van der Waals surface area contributed by atoms with Gasteiger partial charge in [0.05, 0.1) is 0 Å². The fourth-order valence-corrected chi connectivity index (χ4v) is 3.82. The molecular weight excluding hydrogens is 262 g/mol. The van der Waals surface area contributed by atoms with E-state index in [-0.39, 0.29) is 0 Å². The van der Waals surface area contributed by atoms with Gasteiger partial charge in [-0.1, -0.05) is 50.2 Å². The van der Waals surface area contributed by atoms with E-state index in [4.69, 9.17) is 0 Å². The molecule has 1 saturated carbocycles. The van der Waals surface area contributed by atoms with Gasteiger partial charge in [0.2, 0.25) is 0 Å². The van der Waals surface area contributed by atoms with Gasteiger partial charge in [-0.15, -0.1) is 11.3 Å². The van der Waals surface area contributed by atoms with Crippen molar-refractivity contribution in [3.8, 4) is 0 Å². The van der Waals surface area contributed by atoms with Crippen molar-refractivity contribution in [2.24, 2.45) is 11.8 Å². The van der Waals surface area contributed by atoms with Gasteiger partial charge in [0.1, 0.15) is 0 Å². The molecular formula is C18H23NS. The van der Waals surface area contributed by atoms with Gasteiger partial charge < -0.3 is 5.32 Å².